The average molecular weight is 452 g/mol. The number of hydrogen-bond acceptors (Lipinski definition) is 6. The molecule has 0 radical (unpaired) electrons. The number of rotatable bonds is 5. The van der Waals surface area contributed by atoms with E-state index in [0.717, 1.165) is 40.1 Å². The van der Waals surface area contributed by atoms with Gasteiger partial charge in [-0.15, -0.1) is 11.3 Å². The molecule has 3 heterocycles. The van der Waals surface area contributed by atoms with Crippen molar-refractivity contribution in [2.24, 2.45) is 0 Å². The molecule has 5 nitrogen and oxygen atoms in total. The van der Waals surface area contributed by atoms with E-state index in [4.69, 9.17) is 19.4 Å². The van der Waals surface area contributed by atoms with E-state index >= 15 is 0 Å². The van der Waals surface area contributed by atoms with Crippen molar-refractivity contribution < 1.29 is 9.47 Å². The van der Waals surface area contributed by atoms with E-state index in [2.05, 4.69) is 4.98 Å². The minimum atomic E-state index is 0.606. The summed E-state index contributed by atoms with van der Waals surface area (Å²) in [5.74, 6) is 3.51. The molecule has 0 fully saturated rings. The molecule has 2 aromatic carbocycles. The zero-order chi connectivity index (χ0) is 22.0. The molecule has 6 rings (SSSR count). The van der Waals surface area contributed by atoms with Crippen LogP contribution in [0, 0.1) is 0 Å². The molecule has 0 aliphatic heterocycles. The third-order valence-electron chi connectivity index (χ3n) is 5.72. The fourth-order valence-corrected chi connectivity index (χ4v) is 5.39. The Morgan fingerprint density at radius 2 is 1.48 bits per heavy atom. The number of fused-ring (bicyclic) bond motifs is 3. The lowest BCUT2D eigenvalue weighted by atomic mass is 9.97. The van der Waals surface area contributed by atoms with Crippen molar-refractivity contribution >= 4 is 21.6 Å². The van der Waals surface area contributed by atoms with Crippen molar-refractivity contribution in [2.75, 3.05) is 0 Å². The molecule has 1 aliphatic rings. The Hall–Kier alpha value is -3.77. The number of aryl methyl sites for hydroxylation is 2. The van der Waals surface area contributed by atoms with Gasteiger partial charge in [-0.2, -0.15) is 4.98 Å². The second kappa shape index (κ2) is 8.64. The highest BCUT2D eigenvalue weighted by molar-refractivity contribution is 7.18. The number of nitrogens with zero attached hydrogens (tertiary/aromatic N) is 3. The maximum Gasteiger partial charge on any atom is 0.231 e. The summed E-state index contributed by atoms with van der Waals surface area (Å²) in [6, 6.07) is 21.2. The zero-order valence-corrected chi connectivity index (χ0v) is 18.7. The maximum atomic E-state index is 6.36. The predicted octanol–water partition coefficient (Wildman–Crippen LogP) is 7.22. The minimum Gasteiger partial charge on any atom is -0.457 e. The van der Waals surface area contributed by atoms with E-state index in [0.29, 0.717) is 17.5 Å². The predicted molar refractivity (Wildman–Crippen MR) is 130 cm³/mol. The van der Waals surface area contributed by atoms with Crippen LogP contribution >= 0.6 is 11.3 Å². The van der Waals surface area contributed by atoms with Crippen LogP contribution in [0.15, 0.2) is 79.1 Å². The van der Waals surface area contributed by atoms with Crippen molar-refractivity contribution in [1.82, 2.24) is 15.0 Å². The van der Waals surface area contributed by atoms with Crippen molar-refractivity contribution in [3.05, 3.63) is 89.6 Å². The van der Waals surface area contributed by atoms with Gasteiger partial charge in [-0.3, -0.25) is 4.98 Å². The van der Waals surface area contributed by atoms with Crippen LogP contribution in [0.25, 0.3) is 21.6 Å². The van der Waals surface area contributed by atoms with Gasteiger partial charge in [-0.25, -0.2) is 4.98 Å². The summed E-state index contributed by atoms with van der Waals surface area (Å²) < 4.78 is 12.3. The van der Waals surface area contributed by atoms with E-state index in [-0.39, 0.29) is 0 Å². The molecule has 0 amide bonds. The Bertz CT molecular complexity index is 1400. The van der Waals surface area contributed by atoms with Crippen molar-refractivity contribution in [2.45, 2.75) is 25.7 Å². The van der Waals surface area contributed by atoms with Crippen molar-refractivity contribution in [3.63, 3.8) is 0 Å². The van der Waals surface area contributed by atoms with Gasteiger partial charge in [0.25, 0.3) is 0 Å². The Kier molecular flexibility index (Phi) is 5.20. The summed E-state index contributed by atoms with van der Waals surface area (Å²) in [5, 5.41) is 1.05. The highest BCUT2D eigenvalue weighted by Crippen LogP contribution is 2.41. The first-order valence-electron chi connectivity index (χ1n) is 11.1. The summed E-state index contributed by atoms with van der Waals surface area (Å²) in [4.78, 5) is 16.3. The number of para-hydroxylation sites is 1. The fraction of sp³-hybridized carbons (Fsp3) is 0.148. The molecule has 0 unspecified atom stereocenters. The fourth-order valence-electron chi connectivity index (χ4n) is 4.13. The van der Waals surface area contributed by atoms with Gasteiger partial charge in [0, 0.05) is 22.8 Å². The second-order valence-corrected chi connectivity index (χ2v) is 9.06. The molecule has 162 valence electrons. The lowest BCUT2D eigenvalue weighted by molar-refractivity contribution is 0.461. The lowest BCUT2D eigenvalue weighted by Crippen LogP contribution is -2.00. The monoisotopic (exact) mass is 451 g/mol. The summed E-state index contributed by atoms with van der Waals surface area (Å²) in [5.41, 5.74) is 2.22. The highest BCUT2D eigenvalue weighted by atomic mass is 32.1. The van der Waals surface area contributed by atoms with Crippen LogP contribution in [0.2, 0.25) is 0 Å². The third-order valence-corrected chi connectivity index (χ3v) is 6.90. The van der Waals surface area contributed by atoms with Crippen LogP contribution < -0.4 is 9.47 Å². The molecule has 1 aliphatic carbocycles. The summed E-state index contributed by atoms with van der Waals surface area (Å²) >= 11 is 1.77. The van der Waals surface area contributed by atoms with E-state index in [1.165, 1.54) is 23.3 Å². The van der Waals surface area contributed by atoms with E-state index in [1.54, 1.807) is 23.7 Å². The largest absolute Gasteiger partial charge is 0.457 e. The zero-order valence-electron chi connectivity index (χ0n) is 17.9. The van der Waals surface area contributed by atoms with Gasteiger partial charge in [0.1, 0.15) is 22.1 Å². The van der Waals surface area contributed by atoms with E-state index < -0.39 is 0 Å². The van der Waals surface area contributed by atoms with E-state index in [1.807, 2.05) is 66.7 Å². The molecule has 5 aromatic rings. The van der Waals surface area contributed by atoms with Crippen LogP contribution in [-0.4, -0.2) is 15.0 Å². The SMILES string of the molecule is c1ccc(Oc2ccc(Oc3nc(-c4cccnc4)nc4sc5c(c34)CCCC5)cc2)cc1. The number of ether oxygens (including phenoxy) is 2. The Balaban J connectivity index is 1.37. The van der Waals surface area contributed by atoms with Gasteiger partial charge in [-0.05, 0) is 79.8 Å². The van der Waals surface area contributed by atoms with Crippen LogP contribution in [-0.2, 0) is 12.8 Å². The number of hydrogen-bond donors (Lipinski definition) is 0. The first-order chi connectivity index (χ1) is 16.3. The smallest absolute Gasteiger partial charge is 0.231 e. The maximum absolute atomic E-state index is 6.36. The molecular weight excluding hydrogens is 430 g/mol. The number of thiophene rings is 1. The molecule has 6 heteroatoms. The number of aromatic nitrogens is 3. The lowest BCUT2D eigenvalue weighted by Gasteiger charge is -2.13. The highest BCUT2D eigenvalue weighted by Gasteiger charge is 2.23. The van der Waals surface area contributed by atoms with Crippen LogP contribution in [0.5, 0.6) is 23.1 Å². The van der Waals surface area contributed by atoms with Crippen LogP contribution in [0.3, 0.4) is 0 Å². The molecule has 0 N–H and O–H groups in total. The quantitative estimate of drug-likeness (QED) is 0.282. The third kappa shape index (κ3) is 4.05. The first-order valence-corrected chi connectivity index (χ1v) is 11.9. The molecule has 0 bridgehead atoms. The van der Waals surface area contributed by atoms with Gasteiger partial charge in [0.15, 0.2) is 5.82 Å². The standard InChI is InChI=1S/C27H21N3O2S/c1-2-8-19(9-3-1)31-20-12-14-21(15-13-20)32-26-24-22-10-4-5-11-23(22)33-27(24)30-25(29-26)18-7-6-16-28-17-18/h1-3,6-9,12-17H,4-5,10-11H2. The molecule has 33 heavy (non-hydrogen) atoms. The van der Waals surface area contributed by atoms with Crippen LogP contribution in [0.1, 0.15) is 23.3 Å². The molecule has 0 atom stereocenters. The summed E-state index contributed by atoms with van der Waals surface area (Å²) in [7, 11) is 0. The molecule has 3 aromatic heterocycles. The van der Waals surface area contributed by atoms with Gasteiger partial charge in [0.2, 0.25) is 5.88 Å². The Labute approximate surface area is 195 Å². The average Bonchev–Trinajstić information content (AvgIpc) is 3.25. The van der Waals surface area contributed by atoms with Gasteiger partial charge >= 0.3 is 0 Å². The van der Waals surface area contributed by atoms with Crippen LogP contribution in [0.4, 0.5) is 0 Å². The molecule has 0 spiro atoms. The topological polar surface area (TPSA) is 57.1 Å². The first kappa shape index (κ1) is 19.9. The molecule has 0 saturated heterocycles. The summed E-state index contributed by atoms with van der Waals surface area (Å²) in [6.45, 7) is 0. The van der Waals surface area contributed by atoms with E-state index in [9.17, 15) is 0 Å². The Morgan fingerprint density at radius 3 is 2.27 bits per heavy atom. The summed E-state index contributed by atoms with van der Waals surface area (Å²) in [6.07, 6.45) is 8.10. The minimum absolute atomic E-state index is 0.606. The second-order valence-electron chi connectivity index (χ2n) is 7.97. The van der Waals surface area contributed by atoms with Crippen molar-refractivity contribution in [1.29, 1.82) is 0 Å². The molecular formula is C27H21N3O2S. The number of pyridine rings is 1. The van der Waals surface area contributed by atoms with Crippen molar-refractivity contribution in [3.8, 4) is 34.5 Å². The van der Waals surface area contributed by atoms with Gasteiger partial charge in [0.05, 0.1) is 5.39 Å². The number of benzene rings is 2. The van der Waals surface area contributed by atoms with Gasteiger partial charge < -0.3 is 9.47 Å². The normalized spacial score (nSPS) is 13.0. The molecule has 0 saturated carbocycles. The Morgan fingerprint density at radius 1 is 0.727 bits per heavy atom. The van der Waals surface area contributed by atoms with Gasteiger partial charge in [-0.1, -0.05) is 18.2 Å².